The molecule has 0 atom stereocenters. The highest BCUT2D eigenvalue weighted by molar-refractivity contribution is 5.92. The molecule has 0 aromatic carbocycles. The van der Waals surface area contributed by atoms with E-state index in [9.17, 15) is 0 Å². The molecule has 0 heterocycles. The smallest absolute Gasteiger partial charge is 0.218 e. The third kappa shape index (κ3) is 9.03. The minimum Gasteiger partial charge on any atom is -1.00 e. The molecular formula is C6H15ClN5-. The molecule has 0 saturated heterocycles. The summed E-state index contributed by atoms with van der Waals surface area (Å²) in [7, 11) is 0. The van der Waals surface area contributed by atoms with Crippen LogP contribution in [0.15, 0.2) is 9.98 Å². The van der Waals surface area contributed by atoms with Gasteiger partial charge in [0.1, 0.15) is 0 Å². The van der Waals surface area contributed by atoms with E-state index in [1.807, 2.05) is 13.8 Å². The third-order valence-electron chi connectivity index (χ3n) is 0.862. The number of aliphatic imine (C=N–C) groups is 2. The zero-order valence-electron chi connectivity index (χ0n) is 7.29. The topological polar surface area (TPSA) is 103 Å². The van der Waals surface area contributed by atoms with Crippen LogP contribution >= 0.6 is 0 Å². The van der Waals surface area contributed by atoms with E-state index in [1.54, 1.807) is 0 Å². The first kappa shape index (κ1) is 13.6. The molecule has 0 saturated carbocycles. The van der Waals surface area contributed by atoms with Gasteiger partial charge in [-0.3, -0.25) is 4.99 Å². The summed E-state index contributed by atoms with van der Waals surface area (Å²) in [5, 5.41) is 0. The van der Waals surface area contributed by atoms with E-state index in [-0.39, 0.29) is 24.3 Å². The molecule has 0 rings (SSSR count). The van der Waals surface area contributed by atoms with Gasteiger partial charge in [-0.15, -0.1) is 0 Å². The fourth-order valence-electron chi connectivity index (χ4n) is 0.444. The van der Waals surface area contributed by atoms with E-state index in [0.717, 1.165) is 0 Å². The van der Waals surface area contributed by atoms with Crippen LogP contribution in [0.1, 0.15) is 13.8 Å². The number of hydrogen-bond acceptors (Lipinski definition) is 1. The maximum Gasteiger partial charge on any atom is 0.218 e. The fraction of sp³-hybridized carbons (Fsp3) is 0.667. The van der Waals surface area contributed by atoms with Crippen molar-refractivity contribution in [2.75, 3.05) is 6.54 Å². The summed E-state index contributed by atoms with van der Waals surface area (Å²) in [5.41, 5.74) is 15.5. The van der Waals surface area contributed by atoms with E-state index in [4.69, 9.17) is 17.2 Å². The molecule has 0 fully saturated rings. The minimum absolute atomic E-state index is 0. The van der Waals surface area contributed by atoms with Crippen LogP contribution in [0.3, 0.4) is 0 Å². The van der Waals surface area contributed by atoms with Gasteiger partial charge in [-0.25, -0.2) is 0 Å². The van der Waals surface area contributed by atoms with Gasteiger partial charge in [0.2, 0.25) is 5.96 Å². The lowest BCUT2D eigenvalue weighted by atomic mass is 10.2. The van der Waals surface area contributed by atoms with E-state index in [1.165, 1.54) is 0 Å². The van der Waals surface area contributed by atoms with Crippen molar-refractivity contribution in [2.45, 2.75) is 13.8 Å². The predicted molar refractivity (Wildman–Crippen MR) is 47.1 cm³/mol. The Morgan fingerprint density at radius 2 is 1.75 bits per heavy atom. The normalized spacial score (nSPS) is 10.8. The third-order valence-corrected chi connectivity index (χ3v) is 0.862. The van der Waals surface area contributed by atoms with Crippen molar-refractivity contribution < 1.29 is 12.4 Å². The molecule has 5 nitrogen and oxygen atoms in total. The monoisotopic (exact) mass is 192 g/mol. The Balaban J connectivity index is 0. The van der Waals surface area contributed by atoms with Crippen molar-refractivity contribution in [1.82, 2.24) is 0 Å². The molecule has 0 bridgehead atoms. The maximum atomic E-state index is 5.33. The van der Waals surface area contributed by atoms with E-state index in [2.05, 4.69) is 9.98 Å². The molecular weight excluding hydrogens is 178 g/mol. The minimum atomic E-state index is -0.0602. The van der Waals surface area contributed by atoms with Gasteiger partial charge in [-0.2, -0.15) is 4.99 Å². The van der Waals surface area contributed by atoms with E-state index in [0.29, 0.717) is 12.5 Å². The molecule has 0 aliphatic heterocycles. The van der Waals surface area contributed by atoms with Gasteiger partial charge in [0.25, 0.3) is 0 Å². The molecule has 12 heavy (non-hydrogen) atoms. The van der Waals surface area contributed by atoms with Crippen molar-refractivity contribution in [2.24, 2.45) is 33.1 Å². The summed E-state index contributed by atoms with van der Waals surface area (Å²) in [4.78, 5) is 7.46. The summed E-state index contributed by atoms with van der Waals surface area (Å²) in [6.45, 7) is 4.71. The molecule has 0 amide bonds. The molecule has 0 radical (unpaired) electrons. The molecule has 6 N–H and O–H groups in total. The highest BCUT2D eigenvalue weighted by Crippen LogP contribution is 1.90. The van der Waals surface area contributed by atoms with Crippen LogP contribution in [0, 0.1) is 5.92 Å². The van der Waals surface area contributed by atoms with Crippen molar-refractivity contribution in [3.8, 4) is 0 Å². The number of guanidine groups is 2. The molecule has 6 heteroatoms. The predicted octanol–water partition coefficient (Wildman–Crippen LogP) is -3.77. The van der Waals surface area contributed by atoms with Gasteiger partial charge >= 0.3 is 0 Å². The average Bonchev–Trinajstić information content (AvgIpc) is 1.82. The molecule has 0 aliphatic rings. The quantitative estimate of drug-likeness (QED) is 0.309. The zero-order valence-corrected chi connectivity index (χ0v) is 8.04. The second-order valence-corrected chi connectivity index (χ2v) is 2.63. The van der Waals surface area contributed by atoms with Crippen LogP contribution in [0.2, 0.25) is 0 Å². The van der Waals surface area contributed by atoms with Gasteiger partial charge in [0, 0.05) is 6.54 Å². The lowest BCUT2D eigenvalue weighted by Gasteiger charge is -1.98. The van der Waals surface area contributed by atoms with Gasteiger partial charge in [-0.1, -0.05) is 13.8 Å². The van der Waals surface area contributed by atoms with Crippen molar-refractivity contribution >= 4 is 11.9 Å². The van der Waals surface area contributed by atoms with Crippen molar-refractivity contribution in [3.05, 3.63) is 0 Å². The molecule has 72 valence electrons. The van der Waals surface area contributed by atoms with E-state index >= 15 is 0 Å². The Labute approximate surface area is 78.5 Å². The van der Waals surface area contributed by atoms with Crippen LogP contribution < -0.4 is 29.6 Å². The van der Waals surface area contributed by atoms with Crippen LogP contribution in [0.4, 0.5) is 0 Å². The summed E-state index contributed by atoms with van der Waals surface area (Å²) in [5.74, 6) is 0.538. The van der Waals surface area contributed by atoms with Crippen molar-refractivity contribution in [1.29, 1.82) is 0 Å². The zero-order chi connectivity index (χ0) is 8.85. The molecule has 0 aliphatic carbocycles. The first-order chi connectivity index (χ1) is 5.02. The number of nitrogens with two attached hydrogens (primary N) is 3. The largest absolute Gasteiger partial charge is 1.00 e. The molecule has 0 unspecified atom stereocenters. The van der Waals surface area contributed by atoms with Crippen LogP contribution in [0.25, 0.3) is 0 Å². The Morgan fingerprint density at radius 3 is 2.08 bits per heavy atom. The lowest BCUT2D eigenvalue weighted by Crippen LogP contribution is -3.00. The Morgan fingerprint density at radius 1 is 1.25 bits per heavy atom. The summed E-state index contributed by atoms with van der Waals surface area (Å²) >= 11 is 0. The standard InChI is InChI=1S/C6H15N5.ClH/c1-4(2)3-10-6(9)11-5(7)8;/h4H,3H2,1-2H3,(H6,7,8,9,10,11);1H/p-1. The first-order valence-electron chi connectivity index (χ1n) is 3.42. The average molecular weight is 193 g/mol. The van der Waals surface area contributed by atoms with Gasteiger partial charge < -0.3 is 29.6 Å². The Kier molecular flexibility index (Phi) is 7.62. The lowest BCUT2D eigenvalue weighted by molar-refractivity contribution is -0.00000310. The molecule has 0 aromatic heterocycles. The summed E-state index contributed by atoms with van der Waals surface area (Å²) < 4.78 is 0. The highest BCUT2D eigenvalue weighted by Gasteiger charge is 1.91. The summed E-state index contributed by atoms with van der Waals surface area (Å²) in [6, 6.07) is 0. The molecule has 0 aromatic rings. The Hall–Kier alpha value is -0.970. The maximum absolute atomic E-state index is 5.33. The number of rotatable bonds is 2. The van der Waals surface area contributed by atoms with Gasteiger partial charge in [0.05, 0.1) is 0 Å². The van der Waals surface area contributed by atoms with Crippen LogP contribution in [-0.4, -0.2) is 18.5 Å². The first-order valence-corrected chi connectivity index (χ1v) is 3.42. The fourth-order valence-corrected chi connectivity index (χ4v) is 0.444. The van der Waals surface area contributed by atoms with E-state index < -0.39 is 0 Å². The summed E-state index contributed by atoms with van der Waals surface area (Å²) in [6.07, 6.45) is 0. The number of hydrogen-bond donors (Lipinski definition) is 3. The SMILES string of the molecule is CC(C)CN=C(N)N=C(N)N.[Cl-]. The van der Waals surface area contributed by atoms with Crippen LogP contribution in [-0.2, 0) is 0 Å². The van der Waals surface area contributed by atoms with Crippen molar-refractivity contribution in [3.63, 3.8) is 0 Å². The van der Waals surface area contributed by atoms with Crippen LogP contribution in [0.5, 0.6) is 0 Å². The molecule has 0 spiro atoms. The van der Waals surface area contributed by atoms with Gasteiger partial charge in [0.15, 0.2) is 5.96 Å². The second kappa shape index (κ2) is 6.72. The number of halogens is 1. The van der Waals surface area contributed by atoms with Gasteiger partial charge in [-0.05, 0) is 5.92 Å². The Bertz CT molecular complexity index is 171. The second-order valence-electron chi connectivity index (χ2n) is 2.63. The number of nitrogens with zero attached hydrogens (tertiary/aromatic N) is 2. The highest BCUT2D eigenvalue weighted by atomic mass is 35.5.